The van der Waals surface area contributed by atoms with Gasteiger partial charge in [-0.2, -0.15) is 0 Å². The quantitative estimate of drug-likeness (QED) is 0.713. The van der Waals surface area contributed by atoms with E-state index in [-0.39, 0.29) is 30.5 Å². The Morgan fingerprint density at radius 3 is 2.79 bits per heavy atom. The minimum atomic E-state index is -0.721. The van der Waals surface area contributed by atoms with E-state index in [0.29, 0.717) is 12.2 Å². The first-order valence-electron chi connectivity index (χ1n) is 8.95. The zero-order valence-electron chi connectivity index (χ0n) is 15.6. The van der Waals surface area contributed by atoms with Gasteiger partial charge in [0.1, 0.15) is 23.5 Å². The van der Waals surface area contributed by atoms with Gasteiger partial charge >= 0.3 is 0 Å². The van der Waals surface area contributed by atoms with E-state index in [1.807, 2.05) is 24.3 Å². The Kier molecular flexibility index (Phi) is 5.22. The van der Waals surface area contributed by atoms with Crippen LogP contribution in [0, 0.1) is 11.6 Å². The van der Waals surface area contributed by atoms with Crippen LogP contribution in [-0.2, 0) is 24.4 Å². The average molecular weight is 400 g/mol. The molecule has 1 aliphatic rings. The van der Waals surface area contributed by atoms with Crippen molar-refractivity contribution in [3.63, 3.8) is 0 Å². The Bertz CT molecular complexity index is 1040. The first kappa shape index (κ1) is 19.0. The van der Waals surface area contributed by atoms with Crippen molar-refractivity contribution in [2.24, 2.45) is 0 Å². The highest BCUT2D eigenvalue weighted by molar-refractivity contribution is 5.93. The lowest BCUT2D eigenvalue weighted by Crippen LogP contribution is -2.27. The molecule has 1 amide bonds. The lowest BCUT2D eigenvalue weighted by Gasteiger charge is -2.24. The fourth-order valence-corrected chi connectivity index (χ4v) is 3.13. The van der Waals surface area contributed by atoms with Gasteiger partial charge in [0, 0.05) is 18.2 Å². The van der Waals surface area contributed by atoms with Gasteiger partial charge in [-0.25, -0.2) is 13.5 Å². The third-order valence-corrected chi connectivity index (χ3v) is 4.75. The van der Waals surface area contributed by atoms with Gasteiger partial charge < -0.3 is 14.8 Å². The van der Waals surface area contributed by atoms with Crippen molar-refractivity contribution in [2.45, 2.75) is 25.8 Å². The molecule has 1 aromatic heterocycles. The van der Waals surface area contributed by atoms with Crippen LogP contribution in [0.1, 0.15) is 33.4 Å². The predicted octanol–water partition coefficient (Wildman–Crippen LogP) is 2.77. The molecular weight excluding hydrogens is 382 g/mol. The molecule has 2 heterocycles. The van der Waals surface area contributed by atoms with E-state index in [1.165, 1.54) is 6.07 Å². The third kappa shape index (κ3) is 3.95. The van der Waals surface area contributed by atoms with Crippen molar-refractivity contribution in [3.8, 4) is 5.75 Å². The standard InChI is InChI=1S/C20H18F2N4O3/c1-28-15-6-3-12(4-7-15)18-10-26-17(11-29-18)19(24-25-26)20(27)23-9-13-2-5-14(21)8-16(13)22/h2-8,18H,9-11H2,1H3,(H,23,27)/t18-/m0/s1. The lowest BCUT2D eigenvalue weighted by molar-refractivity contribution is -0.00179. The van der Waals surface area contributed by atoms with E-state index >= 15 is 0 Å². The fourth-order valence-electron chi connectivity index (χ4n) is 3.13. The largest absolute Gasteiger partial charge is 0.497 e. The number of hydrogen-bond donors (Lipinski definition) is 1. The summed E-state index contributed by atoms with van der Waals surface area (Å²) in [5.41, 5.74) is 1.81. The Labute approximate surface area is 165 Å². The summed E-state index contributed by atoms with van der Waals surface area (Å²) in [4.78, 5) is 12.5. The number of ether oxygens (including phenoxy) is 2. The second-order valence-electron chi connectivity index (χ2n) is 6.56. The second kappa shape index (κ2) is 7.96. The van der Waals surface area contributed by atoms with Gasteiger partial charge in [-0.3, -0.25) is 4.79 Å². The first-order chi connectivity index (χ1) is 14.0. The number of hydrogen-bond acceptors (Lipinski definition) is 5. The summed E-state index contributed by atoms with van der Waals surface area (Å²) >= 11 is 0. The predicted molar refractivity (Wildman–Crippen MR) is 98.1 cm³/mol. The minimum absolute atomic E-state index is 0.0907. The molecule has 150 valence electrons. The van der Waals surface area contributed by atoms with Gasteiger partial charge in [0.25, 0.3) is 5.91 Å². The minimum Gasteiger partial charge on any atom is -0.497 e. The summed E-state index contributed by atoms with van der Waals surface area (Å²) in [5.74, 6) is -1.14. The number of aromatic nitrogens is 3. The molecule has 0 radical (unpaired) electrons. The summed E-state index contributed by atoms with van der Waals surface area (Å²) < 4.78 is 39.4. The lowest BCUT2D eigenvalue weighted by atomic mass is 10.1. The molecule has 29 heavy (non-hydrogen) atoms. The zero-order chi connectivity index (χ0) is 20.4. The summed E-state index contributed by atoms with van der Waals surface area (Å²) in [6, 6.07) is 10.7. The number of nitrogens with one attached hydrogen (secondary N) is 1. The Morgan fingerprint density at radius 1 is 1.28 bits per heavy atom. The molecule has 1 atom stereocenters. The fraction of sp³-hybridized carbons (Fsp3) is 0.250. The Morgan fingerprint density at radius 2 is 2.07 bits per heavy atom. The molecular formula is C20H18F2N4O3. The summed E-state index contributed by atoms with van der Waals surface area (Å²) in [6.07, 6.45) is -0.223. The highest BCUT2D eigenvalue weighted by Crippen LogP contribution is 2.28. The van der Waals surface area contributed by atoms with E-state index in [4.69, 9.17) is 9.47 Å². The van der Waals surface area contributed by atoms with E-state index < -0.39 is 17.5 Å². The van der Waals surface area contributed by atoms with E-state index in [9.17, 15) is 13.6 Å². The van der Waals surface area contributed by atoms with Gasteiger partial charge in [-0.05, 0) is 23.8 Å². The van der Waals surface area contributed by atoms with Crippen LogP contribution >= 0.6 is 0 Å². The normalized spacial score (nSPS) is 15.6. The number of fused-ring (bicyclic) bond motifs is 1. The average Bonchev–Trinajstić information content (AvgIpc) is 3.16. The molecule has 0 saturated heterocycles. The molecule has 0 unspecified atom stereocenters. The smallest absolute Gasteiger partial charge is 0.274 e. The van der Waals surface area contributed by atoms with Gasteiger partial charge in [0.2, 0.25) is 0 Å². The molecule has 0 fully saturated rings. The molecule has 3 aromatic rings. The van der Waals surface area contributed by atoms with E-state index in [0.717, 1.165) is 23.4 Å². The van der Waals surface area contributed by atoms with Crippen molar-refractivity contribution in [3.05, 3.63) is 76.6 Å². The zero-order valence-corrected chi connectivity index (χ0v) is 15.6. The second-order valence-corrected chi connectivity index (χ2v) is 6.56. The van der Waals surface area contributed by atoms with Gasteiger partial charge in [0.15, 0.2) is 5.69 Å². The topological polar surface area (TPSA) is 78.3 Å². The van der Waals surface area contributed by atoms with E-state index in [1.54, 1.807) is 11.8 Å². The monoisotopic (exact) mass is 400 g/mol. The van der Waals surface area contributed by atoms with Crippen LogP contribution in [-0.4, -0.2) is 28.0 Å². The molecule has 0 bridgehead atoms. The molecule has 4 rings (SSSR count). The van der Waals surface area contributed by atoms with Crippen LogP contribution < -0.4 is 10.1 Å². The van der Waals surface area contributed by atoms with Crippen LogP contribution in [0.15, 0.2) is 42.5 Å². The van der Waals surface area contributed by atoms with Gasteiger partial charge in [-0.15, -0.1) is 5.10 Å². The molecule has 7 nitrogen and oxygen atoms in total. The van der Waals surface area contributed by atoms with Crippen molar-refractivity contribution in [2.75, 3.05) is 7.11 Å². The number of amides is 1. The van der Waals surface area contributed by atoms with Crippen LogP contribution in [0.25, 0.3) is 0 Å². The Hall–Kier alpha value is -3.33. The molecule has 0 saturated carbocycles. The molecule has 1 N–H and O–H groups in total. The van der Waals surface area contributed by atoms with Crippen molar-refractivity contribution in [1.82, 2.24) is 20.3 Å². The van der Waals surface area contributed by atoms with Gasteiger partial charge in [0.05, 0.1) is 26.0 Å². The maximum absolute atomic E-state index is 13.7. The summed E-state index contributed by atoms with van der Waals surface area (Å²) in [6.45, 7) is 0.485. The van der Waals surface area contributed by atoms with Crippen LogP contribution in [0.4, 0.5) is 8.78 Å². The molecule has 0 spiro atoms. The number of rotatable bonds is 5. The van der Waals surface area contributed by atoms with Crippen molar-refractivity contribution < 1.29 is 23.0 Å². The number of benzene rings is 2. The summed E-state index contributed by atoms with van der Waals surface area (Å²) in [5, 5.41) is 10.6. The molecule has 2 aromatic carbocycles. The number of methoxy groups -OCH3 is 1. The molecule has 1 aliphatic heterocycles. The Balaban J connectivity index is 1.43. The highest BCUT2D eigenvalue weighted by Gasteiger charge is 2.27. The SMILES string of the molecule is COc1ccc([C@@H]2Cn3nnc(C(=O)NCc4ccc(F)cc4F)c3CO2)cc1. The van der Waals surface area contributed by atoms with Crippen LogP contribution in [0.5, 0.6) is 5.75 Å². The summed E-state index contributed by atoms with van der Waals surface area (Å²) in [7, 11) is 1.60. The maximum atomic E-state index is 13.7. The molecule has 0 aliphatic carbocycles. The number of carbonyl (C=O) groups is 1. The van der Waals surface area contributed by atoms with Crippen molar-refractivity contribution in [1.29, 1.82) is 0 Å². The third-order valence-electron chi connectivity index (χ3n) is 4.75. The van der Waals surface area contributed by atoms with Crippen LogP contribution in [0.3, 0.4) is 0 Å². The number of halogens is 2. The number of nitrogens with zero attached hydrogens (tertiary/aromatic N) is 3. The first-order valence-corrected chi connectivity index (χ1v) is 8.95. The highest BCUT2D eigenvalue weighted by atomic mass is 19.1. The van der Waals surface area contributed by atoms with Crippen molar-refractivity contribution >= 4 is 5.91 Å². The van der Waals surface area contributed by atoms with E-state index in [2.05, 4.69) is 15.6 Å². The van der Waals surface area contributed by atoms with Crippen LogP contribution in [0.2, 0.25) is 0 Å². The molecule has 9 heteroatoms. The van der Waals surface area contributed by atoms with Gasteiger partial charge in [-0.1, -0.05) is 23.4 Å². The number of carbonyl (C=O) groups excluding carboxylic acids is 1. The maximum Gasteiger partial charge on any atom is 0.274 e.